The van der Waals surface area contributed by atoms with Crippen molar-refractivity contribution >= 4 is 67.4 Å². The molecule has 3 aromatic carbocycles. The van der Waals surface area contributed by atoms with Crippen molar-refractivity contribution in [1.82, 2.24) is 15.0 Å². The van der Waals surface area contributed by atoms with Gasteiger partial charge in [0.15, 0.2) is 0 Å². The van der Waals surface area contributed by atoms with E-state index in [0.717, 1.165) is 80.4 Å². The number of morpholine rings is 3. The quantitative estimate of drug-likeness (QED) is 0.0766. The Morgan fingerprint density at radius 3 is 1.70 bits per heavy atom. The van der Waals surface area contributed by atoms with Crippen LogP contribution in [-0.4, -0.2) is 133 Å². The lowest BCUT2D eigenvalue weighted by Gasteiger charge is -2.28. The molecule has 0 bridgehead atoms. The molecule has 0 aliphatic carbocycles. The van der Waals surface area contributed by atoms with Crippen LogP contribution < -0.4 is 26.2 Å². The van der Waals surface area contributed by atoms with Gasteiger partial charge in [-0.3, -0.25) is 19.7 Å². The third kappa shape index (κ3) is 9.98. The minimum atomic E-state index is -1.14. The fraction of sp³-hybridized carbons (Fsp3) is 0.381. The smallest absolute Gasteiger partial charge is 0.320 e. The first-order valence-electron chi connectivity index (χ1n) is 20.0. The Morgan fingerprint density at radius 2 is 1.13 bits per heavy atom. The highest BCUT2D eigenvalue weighted by Crippen LogP contribution is 2.35. The highest BCUT2D eigenvalue weighted by molar-refractivity contribution is 5.95. The summed E-state index contributed by atoms with van der Waals surface area (Å²) >= 11 is 0. The lowest BCUT2D eigenvalue weighted by atomic mass is 10.0. The fourth-order valence-electron chi connectivity index (χ4n) is 7.67. The molecule has 0 amide bonds. The minimum absolute atomic E-state index is 0.0209. The topological polar surface area (TPSA) is 255 Å². The number of aromatic amines is 3. The van der Waals surface area contributed by atoms with Crippen molar-refractivity contribution in [2.45, 2.75) is 24.9 Å². The lowest BCUT2D eigenvalue weighted by molar-refractivity contribution is -0.383. The van der Waals surface area contributed by atoms with Crippen molar-refractivity contribution in [3.63, 3.8) is 0 Å². The molecule has 9 N–H and O–H groups in total. The number of fused-ring (bicyclic) bond motifs is 3. The summed E-state index contributed by atoms with van der Waals surface area (Å²) in [7, 11) is 0. The van der Waals surface area contributed by atoms with Gasteiger partial charge >= 0.3 is 11.9 Å². The summed E-state index contributed by atoms with van der Waals surface area (Å²) in [6.45, 7) is 9.43. The van der Waals surface area contributed by atoms with E-state index in [2.05, 4.69) is 61.1 Å². The fourth-order valence-corrected chi connectivity index (χ4v) is 7.67. The van der Waals surface area contributed by atoms with Gasteiger partial charge in [-0.1, -0.05) is 12.1 Å². The third-order valence-electron chi connectivity index (χ3n) is 11.0. The van der Waals surface area contributed by atoms with Crippen LogP contribution in [0.5, 0.6) is 0 Å². The first-order chi connectivity index (χ1) is 29.0. The molecule has 60 heavy (non-hydrogen) atoms. The standard InChI is InChI=1S/C15H18N4O5.C15H19N3O3.C12H14N2O/c16-11(15(20)21)5-9-8-17-12-6-10(18-1-3-24-4-2-18)7-13(14(9)12)19(22)23;16-13(15(19)20)7-10-9-17-14-8-11(1-2-12(10)14)18-3-5-21-6-4-18;1-2-11(14-5-7-15-8-6-14)9-12-10(1)3-4-13-12/h6-8,11,17H,1-5,16H2,(H,20,21);1-2,8-9,13,17H,3-7,16H2,(H,19,20);1-4,9,13H,5-8H2. The number of anilines is 3. The second-order valence-electron chi connectivity index (χ2n) is 14.8. The van der Waals surface area contributed by atoms with Crippen LogP contribution in [-0.2, 0) is 36.6 Å². The maximum Gasteiger partial charge on any atom is 0.320 e. The Balaban J connectivity index is 0.000000139. The molecule has 3 aromatic heterocycles. The Kier molecular flexibility index (Phi) is 13.5. The molecule has 3 aliphatic heterocycles. The molecular weight excluding hydrogens is 775 g/mol. The van der Waals surface area contributed by atoms with Gasteiger partial charge < -0.3 is 65.5 Å². The van der Waals surface area contributed by atoms with Gasteiger partial charge in [-0.05, 0) is 52.9 Å². The predicted octanol–water partition coefficient (Wildman–Crippen LogP) is 3.83. The van der Waals surface area contributed by atoms with Gasteiger partial charge in [0.25, 0.3) is 5.69 Å². The van der Waals surface area contributed by atoms with Gasteiger partial charge in [0.1, 0.15) is 12.1 Å². The summed E-state index contributed by atoms with van der Waals surface area (Å²) in [5, 5.41) is 32.1. The number of hydrogen-bond acceptors (Lipinski definition) is 12. The van der Waals surface area contributed by atoms with Gasteiger partial charge in [0, 0.05) is 110 Å². The molecule has 18 nitrogen and oxygen atoms in total. The van der Waals surface area contributed by atoms with E-state index in [0.29, 0.717) is 49.2 Å². The summed E-state index contributed by atoms with van der Waals surface area (Å²) < 4.78 is 16.0. The van der Waals surface area contributed by atoms with E-state index in [1.165, 1.54) is 22.7 Å². The number of aromatic nitrogens is 3. The first kappa shape index (κ1) is 42.0. The number of carboxylic acid groups (broad SMARTS) is 2. The van der Waals surface area contributed by atoms with Crippen molar-refractivity contribution in [2.75, 3.05) is 93.6 Å². The molecule has 6 heterocycles. The molecule has 9 rings (SSSR count). The largest absolute Gasteiger partial charge is 0.480 e. The molecule has 3 fully saturated rings. The van der Waals surface area contributed by atoms with Crippen molar-refractivity contribution in [3.8, 4) is 0 Å². The number of nitrogens with zero attached hydrogens (tertiary/aromatic N) is 4. The molecule has 0 radical (unpaired) electrons. The van der Waals surface area contributed by atoms with Gasteiger partial charge in [-0.15, -0.1) is 0 Å². The number of carboxylic acids is 2. The number of H-pyrrole nitrogens is 3. The van der Waals surface area contributed by atoms with Gasteiger partial charge in [0.2, 0.25) is 0 Å². The second kappa shape index (κ2) is 19.3. The summed E-state index contributed by atoms with van der Waals surface area (Å²) in [6, 6.07) is 16.2. The van der Waals surface area contributed by atoms with Crippen LogP contribution in [0.25, 0.3) is 32.7 Å². The van der Waals surface area contributed by atoms with E-state index in [1.807, 2.05) is 29.4 Å². The van der Waals surface area contributed by atoms with E-state index in [9.17, 15) is 19.7 Å². The number of nitrogens with one attached hydrogen (secondary N) is 3. The number of carbonyl (C=O) groups is 2. The van der Waals surface area contributed by atoms with E-state index >= 15 is 0 Å². The molecule has 3 saturated heterocycles. The van der Waals surface area contributed by atoms with Gasteiger partial charge in [-0.2, -0.15) is 0 Å². The number of benzene rings is 3. The summed E-state index contributed by atoms with van der Waals surface area (Å²) in [4.78, 5) is 49.0. The molecule has 2 unspecified atom stereocenters. The highest BCUT2D eigenvalue weighted by atomic mass is 16.6. The third-order valence-corrected chi connectivity index (χ3v) is 11.0. The first-order valence-corrected chi connectivity index (χ1v) is 20.0. The summed E-state index contributed by atoms with van der Waals surface area (Å²) in [5.41, 5.74) is 18.6. The average molecular weight is 826 g/mol. The molecule has 6 aromatic rings. The molecule has 2 atom stereocenters. The van der Waals surface area contributed by atoms with Crippen molar-refractivity contribution in [3.05, 3.63) is 94.4 Å². The number of hydrogen-bond donors (Lipinski definition) is 7. The number of aliphatic carboxylic acids is 2. The number of ether oxygens (including phenoxy) is 3. The zero-order chi connectivity index (χ0) is 42.2. The zero-order valence-corrected chi connectivity index (χ0v) is 33.2. The number of rotatable bonds is 10. The molecule has 0 spiro atoms. The Morgan fingerprint density at radius 1 is 0.650 bits per heavy atom. The minimum Gasteiger partial charge on any atom is -0.480 e. The highest BCUT2D eigenvalue weighted by Gasteiger charge is 2.24. The average Bonchev–Trinajstić information content (AvgIpc) is 4.03. The van der Waals surface area contributed by atoms with Crippen LogP contribution in [0.4, 0.5) is 22.7 Å². The zero-order valence-electron chi connectivity index (χ0n) is 33.2. The van der Waals surface area contributed by atoms with Crippen LogP contribution in [0, 0.1) is 10.1 Å². The van der Waals surface area contributed by atoms with Crippen molar-refractivity contribution in [2.24, 2.45) is 11.5 Å². The molecule has 0 saturated carbocycles. The Bertz CT molecular complexity index is 2410. The number of nitrogens with two attached hydrogens (primary N) is 2. The molecule has 3 aliphatic rings. The van der Waals surface area contributed by atoms with E-state index in [1.54, 1.807) is 6.20 Å². The van der Waals surface area contributed by atoms with Crippen LogP contribution in [0.15, 0.2) is 73.2 Å². The maximum absolute atomic E-state index is 11.5. The summed E-state index contributed by atoms with van der Waals surface area (Å²) in [6.07, 6.45) is 5.76. The normalized spacial score (nSPS) is 16.8. The molecular formula is C42H51N9O9. The van der Waals surface area contributed by atoms with Gasteiger partial charge in [-0.25, -0.2) is 0 Å². The van der Waals surface area contributed by atoms with Crippen LogP contribution >= 0.6 is 0 Å². The van der Waals surface area contributed by atoms with Crippen molar-refractivity contribution in [1.29, 1.82) is 0 Å². The Hall–Kier alpha value is -6.18. The van der Waals surface area contributed by atoms with Crippen LogP contribution in [0.2, 0.25) is 0 Å². The Labute approximate surface area is 345 Å². The second-order valence-corrected chi connectivity index (χ2v) is 14.8. The summed E-state index contributed by atoms with van der Waals surface area (Å²) in [5.74, 6) is -2.12. The number of nitro benzene ring substituents is 1. The molecule has 18 heteroatoms. The van der Waals surface area contributed by atoms with Crippen LogP contribution in [0.1, 0.15) is 11.1 Å². The number of nitro groups is 1. The lowest BCUT2D eigenvalue weighted by Crippen LogP contribution is -2.36. The predicted molar refractivity (Wildman–Crippen MR) is 229 cm³/mol. The van der Waals surface area contributed by atoms with Gasteiger partial charge in [0.05, 0.1) is 55.5 Å². The van der Waals surface area contributed by atoms with E-state index < -0.39 is 28.9 Å². The van der Waals surface area contributed by atoms with Crippen LogP contribution in [0.3, 0.4) is 0 Å². The monoisotopic (exact) mass is 825 g/mol. The molecule has 318 valence electrons. The SMILES string of the molecule is NC(Cc1c[nH]c2cc(N3CCOCC3)cc([N+](=O)[O-])c12)C(=O)O.NC(Cc1c[nH]c2cc(N3CCOCC3)ccc12)C(=O)O.c1cc2ccc(N3CCOCC3)cc2[nH]1. The van der Waals surface area contributed by atoms with E-state index in [4.69, 9.17) is 35.9 Å². The maximum atomic E-state index is 11.5. The van der Waals surface area contributed by atoms with E-state index in [-0.39, 0.29) is 12.1 Å². The number of non-ortho nitro benzene ring substituents is 1. The van der Waals surface area contributed by atoms with Crippen molar-refractivity contribution < 1.29 is 38.9 Å².